The van der Waals surface area contributed by atoms with Crippen molar-refractivity contribution in [1.29, 1.82) is 0 Å². The molecule has 16 heavy (non-hydrogen) atoms. The van der Waals surface area contributed by atoms with Crippen LogP contribution in [-0.2, 0) is 4.79 Å². The monoisotopic (exact) mass is 219 g/mol. The molecule has 0 amide bonds. The van der Waals surface area contributed by atoms with E-state index in [2.05, 4.69) is 38.2 Å². The number of aryl methyl sites for hydroxylation is 1. The number of hydrogen-bond acceptors (Lipinski definition) is 2. The minimum absolute atomic E-state index is 0.0250. The van der Waals surface area contributed by atoms with E-state index in [4.69, 9.17) is 0 Å². The van der Waals surface area contributed by atoms with Crippen molar-refractivity contribution in [2.24, 2.45) is 0 Å². The molecule has 1 atom stereocenters. The fourth-order valence-electron chi connectivity index (χ4n) is 1.65. The molecule has 2 nitrogen and oxygen atoms in total. The zero-order chi connectivity index (χ0) is 12.1. The molecule has 0 saturated carbocycles. The molecule has 0 saturated heterocycles. The quantitative estimate of drug-likeness (QED) is 0.825. The predicted octanol–water partition coefficient (Wildman–Crippen LogP) is 2.67. The molecule has 0 spiro atoms. The number of benzene rings is 1. The maximum atomic E-state index is 11.6. The van der Waals surface area contributed by atoms with Crippen LogP contribution in [0.2, 0.25) is 0 Å². The van der Waals surface area contributed by atoms with Crippen LogP contribution in [0, 0.1) is 6.92 Å². The average molecular weight is 219 g/mol. The van der Waals surface area contributed by atoms with Crippen molar-refractivity contribution in [3.05, 3.63) is 35.4 Å². The van der Waals surface area contributed by atoms with Crippen LogP contribution in [0.4, 0.5) is 0 Å². The highest BCUT2D eigenvalue weighted by Gasteiger charge is 2.16. The van der Waals surface area contributed by atoms with Crippen LogP contribution in [0.15, 0.2) is 24.3 Å². The van der Waals surface area contributed by atoms with Crippen molar-refractivity contribution in [3.63, 3.8) is 0 Å². The highest BCUT2D eigenvalue weighted by molar-refractivity contribution is 5.83. The first-order valence-corrected chi connectivity index (χ1v) is 5.81. The standard InChI is InChI=1S/C14H21NO/c1-10(2)15-9-14(12(4)16)13-7-5-11(3)6-8-13/h5-8,10,14-15H,9H2,1-4H3. The molecule has 0 bridgehead atoms. The van der Waals surface area contributed by atoms with Crippen LogP contribution in [-0.4, -0.2) is 18.4 Å². The summed E-state index contributed by atoms with van der Waals surface area (Å²) in [5.41, 5.74) is 2.33. The molecule has 88 valence electrons. The lowest BCUT2D eigenvalue weighted by Gasteiger charge is -2.17. The summed E-state index contributed by atoms with van der Waals surface area (Å²) in [7, 11) is 0. The van der Waals surface area contributed by atoms with E-state index in [1.54, 1.807) is 6.92 Å². The third-order valence-corrected chi connectivity index (χ3v) is 2.70. The van der Waals surface area contributed by atoms with E-state index < -0.39 is 0 Å². The van der Waals surface area contributed by atoms with Crippen molar-refractivity contribution in [2.45, 2.75) is 39.7 Å². The van der Waals surface area contributed by atoms with Gasteiger partial charge in [0.25, 0.3) is 0 Å². The number of rotatable bonds is 5. The van der Waals surface area contributed by atoms with E-state index in [0.717, 1.165) is 12.1 Å². The number of carbonyl (C=O) groups is 1. The highest BCUT2D eigenvalue weighted by atomic mass is 16.1. The van der Waals surface area contributed by atoms with Gasteiger partial charge in [-0.1, -0.05) is 43.7 Å². The van der Waals surface area contributed by atoms with Gasteiger partial charge in [0.15, 0.2) is 0 Å². The molecule has 0 aliphatic carbocycles. The van der Waals surface area contributed by atoms with E-state index in [0.29, 0.717) is 6.04 Å². The Morgan fingerprint density at radius 1 is 1.25 bits per heavy atom. The fraction of sp³-hybridized carbons (Fsp3) is 0.500. The summed E-state index contributed by atoms with van der Waals surface area (Å²) in [6.07, 6.45) is 0. The molecule has 0 aliphatic rings. The van der Waals surface area contributed by atoms with Crippen molar-refractivity contribution in [2.75, 3.05) is 6.54 Å². The van der Waals surface area contributed by atoms with Crippen LogP contribution in [0.25, 0.3) is 0 Å². The molecule has 2 heteroatoms. The van der Waals surface area contributed by atoms with Crippen LogP contribution in [0.5, 0.6) is 0 Å². The van der Waals surface area contributed by atoms with Gasteiger partial charge in [0.2, 0.25) is 0 Å². The van der Waals surface area contributed by atoms with Gasteiger partial charge in [-0.3, -0.25) is 4.79 Å². The van der Waals surface area contributed by atoms with Gasteiger partial charge >= 0.3 is 0 Å². The third kappa shape index (κ3) is 3.78. The number of carbonyl (C=O) groups excluding carboxylic acids is 1. The van der Waals surface area contributed by atoms with E-state index in [1.807, 2.05) is 12.1 Å². The largest absolute Gasteiger partial charge is 0.313 e. The molecule has 1 aromatic rings. The highest BCUT2D eigenvalue weighted by Crippen LogP contribution is 2.17. The third-order valence-electron chi connectivity index (χ3n) is 2.70. The average Bonchev–Trinajstić information content (AvgIpc) is 2.20. The Morgan fingerprint density at radius 2 is 1.81 bits per heavy atom. The zero-order valence-corrected chi connectivity index (χ0v) is 10.6. The Balaban J connectivity index is 2.77. The minimum Gasteiger partial charge on any atom is -0.313 e. The van der Waals surface area contributed by atoms with Gasteiger partial charge in [0.1, 0.15) is 5.78 Å². The molecule has 1 unspecified atom stereocenters. The number of Topliss-reactive ketones (excluding diaryl/α,β-unsaturated/α-hetero) is 1. The van der Waals surface area contributed by atoms with Crippen molar-refractivity contribution in [1.82, 2.24) is 5.32 Å². The molecule has 0 aromatic heterocycles. The van der Waals surface area contributed by atoms with Crippen LogP contribution in [0.1, 0.15) is 37.8 Å². The van der Waals surface area contributed by atoms with Crippen molar-refractivity contribution < 1.29 is 4.79 Å². The van der Waals surface area contributed by atoms with E-state index in [9.17, 15) is 4.79 Å². The molecule has 1 N–H and O–H groups in total. The predicted molar refractivity (Wildman–Crippen MR) is 67.7 cm³/mol. The summed E-state index contributed by atoms with van der Waals surface area (Å²) >= 11 is 0. The fourth-order valence-corrected chi connectivity index (χ4v) is 1.65. The second-order valence-electron chi connectivity index (χ2n) is 4.64. The van der Waals surface area contributed by atoms with Gasteiger partial charge in [0, 0.05) is 12.6 Å². The first kappa shape index (κ1) is 12.9. The Kier molecular flexibility index (Phi) is 4.69. The molecule has 0 radical (unpaired) electrons. The van der Waals surface area contributed by atoms with Gasteiger partial charge in [-0.15, -0.1) is 0 Å². The molecule has 0 aliphatic heterocycles. The molecule has 0 fully saturated rings. The van der Waals surface area contributed by atoms with E-state index in [1.165, 1.54) is 5.56 Å². The maximum Gasteiger partial charge on any atom is 0.138 e. The van der Waals surface area contributed by atoms with Crippen molar-refractivity contribution in [3.8, 4) is 0 Å². The van der Waals surface area contributed by atoms with Gasteiger partial charge < -0.3 is 5.32 Å². The summed E-state index contributed by atoms with van der Waals surface area (Å²) in [5.74, 6) is 0.194. The second-order valence-corrected chi connectivity index (χ2v) is 4.64. The van der Waals surface area contributed by atoms with Crippen LogP contribution < -0.4 is 5.32 Å². The van der Waals surface area contributed by atoms with E-state index >= 15 is 0 Å². The van der Waals surface area contributed by atoms with Gasteiger partial charge in [-0.2, -0.15) is 0 Å². The summed E-state index contributed by atoms with van der Waals surface area (Å²) in [5, 5.41) is 3.32. The SMILES string of the molecule is CC(=O)C(CNC(C)C)c1ccc(C)cc1. The Morgan fingerprint density at radius 3 is 2.25 bits per heavy atom. The topological polar surface area (TPSA) is 29.1 Å². The van der Waals surface area contributed by atoms with Crippen molar-refractivity contribution >= 4 is 5.78 Å². The number of nitrogens with one attached hydrogen (secondary N) is 1. The van der Waals surface area contributed by atoms with Gasteiger partial charge in [0.05, 0.1) is 5.92 Å². The van der Waals surface area contributed by atoms with Crippen LogP contribution in [0.3, 0.4) is 0 Å². The van der Waals surface area contributed by atoms with Gasteiger partial charge in [-0.25, -0.2) is 0 Å². The first-order valence-electron chi connectivity index (χ1n) is 5.81. The normalized spacial score (nSPS) is 12.8. The summed E-state index contributed by atoms with van der Waals surface area (Å²) < 4.78 is 0. The summed E-state index contributed by atoms with van der Waals surface area (Å²) in [6.45, 7) is 8.61. The molecule has 1 aromatic carbocycles. The Labute approximate surface area is 98.1 Å². The van der Waals surface area contributed by atoms with E-state index in [-0.39, 0.29) is 11.7 Å². The number of ketones is 1. The minimum atomic E-state index is -0.0250. The lowest BCUT2D eigenvalue weighted by Crippen LogP contribution is -2.30. The molecular weight excluding hydrogens is 198 g/mol. The lowest BCUT2D eigenvalue weighted by molar-refractivity contribution is -0.118. The summed E-state index contributed by atoms with van der Waals surface area (Å²) in [6, 6.07) is 8.61. The Bertz CT molecular complexity index is 340. The molecule has 0 heterocycles. The van der Waals surface area contributed by atoms with Gasteiger partial charge in [-0.05, 0) is 19.4 Å². The second kappa shape index (κ2) is 5.80. The number of hydrogen-bond donors (Lipinski definition) is 1. The smallest absolute Gasteiger partial charge is 0.138 e. The molecule has 1 rings (SSSR count). The lowest BCUT2D eigenvalue weighted by atomic mass is 9.94. The first-order chi connectivity index (χ1) is 7.50. The van der Waals surface area contributed by atoms with Crippen LogP contribution >= 0.6 is 0 Å². The molecular formula is C14H21NO. The summed E-state index contributed by atoms with van der Waals surface area (Å²) in [4.78, 5) is 11.6. The maximum absolute atomic E-state index is 11.6. The zero-order valence-electron chi connectivity index (χ0n) is 10.6. The Hall–Kier alpha value is -1.15.